The molecule has 0 saturated carbocycles. The van der Waals surface area contributed by atoms with Gasteiger partial charge in [-0.25, -0.2) is 4.79 Å². The Balaban J connectivity index is 2.65. The molecule has 0 aromatic carbocycles. The fourth-order valence-electron chi connectivity index (χ4n) is 2.43. The summed E-state index contributed by atoms with van der Waals surface area (Å²) in [5.74, 6) is -0.331. The molecule has 2 atom stereocenters. The zero-order chi connectivity index (χ0) is 14.3. The fraction of sp³-hybridized carbons (Fsp3) is 0.846. The van der Waals surface area contributed by atoms with Crippen LogP contribution in [0.25, 0.3) is 0 Å². The molecule has 1 unspecified atom stereocenters. The molecule has 1 rings (SSSR count). The average Bonchev–Trinajstić information content (AvgIpc) is 2.43. The number of hydrogen-bond acceptors (Lipinski definition) is 4. The molecule has 0 spiro atoms. The van der Waals surface area contributed by atoms with Crippen LogP contribution in [0.4, 0.5) is 0 Å². The molecular weight excluding hydrogens is 264 g/mol. The third-order valence-corrected chi connectivity index (χ3v) is 4.49. The van der Waals surface area contributed by atoms with Crippen LogP contribution in [-0.4, -0.2) is 48.1 Å². The number of carboxylic acid groups (broad SMARTS) is 1. The second-order valence-corrected chi connectivity index (χ2v) is 6.05. The quantitative estimate of drug-likeness (QED) is 0.653. The van der Waals surface area contributed by atoms with Gasteiger partial charge in [0.1, 0.15) is 6.04 Å². The Bertz CT molecular complexity index is 317. The first-order valence-corrected chi connectivity index (χ1v) is 8.18. The maximum atomic E-state index is 12.4. The molecule has 1 aliphatic rings. The van der Waals surface area contributed by atoms with Crippen LogP contribution in [0.15, 0.2) is 0 Å². The zero-order valence-electron chi connectivity index (χ0n) is 11.7. The number of nitrogens with one attached hydrogen (secondary N) is 2. The molecule has 0 radical (unpaired) electrons. The summed E-state index contributed by atoms with van der Waals surface area (Å²) in [5.41, 5.74) is -0.439. The summed E-state index contributed by atoms with van der Waals surface area (Å²) in [7, 11) is 0. The Kier molecular flexibility index (Phi) is 6.65. The molecule has 0 aliphatic carbocycles. The largest absolute Gasteiger partial charge is 0.480 e. The van der Waals surface area contributed by atoms with Crippen molar-refractivity contribution in [2.45, 2.75) is 38.6 Å². The standard InChI is InChI=1S/C13H24N2O3S/c1-3-13(6-4-7-14-9-13)12(18)15-10(11(16)17)5-8-19-2/h10,14H,3-9H2,1-2H3,(H,15,18)(H,16,17)/t10-,13?/m0/s1. The van der Waals surface area contributed by atoms with Crippen molar-refractivity contribution >= 4 is 23.6 Å². The van der Waals surface area contributed by atoms with E-state index in [0.29, 0.717) is 13.0 Å². The topological polar surface area (TPSA) is 78.4 Å². The van der Waals surface area contributed by atoms with E-state index in [9.17, 15) is 9.59 Å². The van der Waals surface area contributed by atoms with Crippen molar-refractivity contribution < 1.29 is 14.7 Å². The molecule has 1 amide bonds. The van der Waals surface area contributed by atoms with Gasteiger partial charge < -0.3 is 15.7 Å². The Morgan fingerprint density at radius 3 is 2.74 bits per heavy atom. The highest BCUT2D eigenvalue weighted by Crippen LogP contribution is 2.30. The maximum Gasteiger partial charge on any atom is 0.326 e. The van der Waals surface area contributed by atoms with E-state index >= 15 is 0 Å². The number of amides is 1. The van der Waals surface area contributed by atoms with Crippen LogP contribution in [0, 0.1) is 5.41 Å². The molecule has 0 bridgehead atoms. The highest BCUT2D eigenvalue weighted by atomic mass is 32.2. The van der Waals surface area contributed by atoms with Crippen LogP contribution >= 0.6 is 11.8 Å². The lowest BCUT2D eigenvalue weighted by Gasteiger charge is -2.36. The molecular formula is C13H24N2O3S. The van der Waals surface area contributed by atoms with Crippen molar-refractivity contribution in [2.75, 3.05) is 25.1 Å². The van der Waals surface area contributed by atoms with E-state index < -0.39 is 17.4 Å². The highest BCUT2D eigenvalue weighted by Gasteiger charge is 2.39. The number of piperidine rings is 1. The van der Waals surface area contributed by atoms with Gasteiger partial charge in [0.25, 0.3) is 0 Å². The molecule has 1 aliphatic heterocycles. The van der Waals surface area contributed by atoms with Crippen molar-refractivity contribution in [1.82, 2.24) is 10.6 Å². The van der Waals surface area contributed by atoms with Crippen molar-refractivity contribution in [2.24, 2.45) is 5.41 Å². The summed E-state index contributed by atoms with van der Waals surface area (Å²) in [4.78, 5) is 23.6. The maximum absolute atomic E-state index is 12.4. The minimum atomic E-state index is -0.947. The van der Waals surface area contributed by atoms with Crippen molar-refractivity contribution in [3.8, 4) is 0 Å². The third-order valence-electron chi connectivity index (χ3n) is 3.84. The Morgan fingerprint density at radius 1 is 1.53 bits per heavy atom. The fourth-order valence-corrected chi connectivity index (χ4v) is 2.90. The first kappa shape index (κ1) is 16.3. The lowest BCUT2D eigenvalue weighted by atomic mass is 9.77. The van der Waals surface area contributed by atoms with Gasteiger partial charge in [0, 0.05) is 6.54 Å². The molecule has 3 N–H and O–H groups in total. The van der Waals surface area contributed by atoms with Gasteiger partial charge in [0.05, 0.1) is 5.41 Å². The van der Waals surface area contributed by atoms with Gasteiger partial charge >= 0.3 is 5.97 Å². The number of carboxylic acids is 1. The van der Waals surface area contributed by atoms with Gasteiger partial charge in [-0.2, -0.15) is 11.8 Å². The van der Waals surface area contributed by atoms with Crippen LogP contribution in [-0.2, 0) is 9.59 Å². The number of carbonyl (C=O) groups excluding carboxylic acids is 1. The van der Waals surface area contributed by atoms with Crippen LogP contribution in [0.3, 0.4) is 0 Å². The summed E-state index contributed by atoms with van der Waals surface area (Å²) in [6, 6.07) is -0.773. The first-order valence-electron chi connectivity index (χ1n) is 6.79. The molecule has 5 nitrogen and oxygen atoms in total. The van der Waals surface area contributed by atoms with E-state index in [0.717, 1.165) is 31.6 Å². The van der Waals surface area contributed by atoms with Gasteiger partial charge in [0.2, 0.25) is 5.91 Å². The third kappa shape index (κ3) is 4.38. The van der Waals surface area contributed by atoms with Crippen molar-refractivity contribution in [3.63, 3.8) is 0 Å². The SMILES string of the molecule is CCC1(C(=O)N[C@@H](CCSC)C(=O)O)CCCNC1. The van der Waals surface area contributed by atoms with Crippen molar-refractivity contribution in [3.05, 3.63) is 0 Å². The van der Waals surface area contributed by atoms with E-state index in [1.807, 2.05) is 13.2 Å². The monoisotopic (exact) mass is 288 g/mol. The summed E-state index contributed by atoms with van der Waals surface area (Å²) < 4.78 is 0. The summed E-state index contributed by atoms with van der Waals surface area (Å²) in [5, 5.41) is 15.1. The lowest BCUT2D eigenvalue weighted by Crippen LogP contribution is -2.54. The minimum Gasteiger partial charge on any atom is -0.480 e. The smallest absolute Gasteiger partial charge is 0.326 e. The van der Waals surface area contributed by atoms with Crippen LogP contribution in [0.1, 0.15) is 32.6 Å². The number of thioether (sulfide) groups is 1. The van der Waals surface area contributed by atoms with Crippen LogP contribution in [0.5, 0.6) is 0 Å². The zero-order valence-corrected chi connectivity index (χ0v) is 12.5. The molecule has 0 aromatic heterocycles. The summed E-state index contributed by atoms with van der Waals surface area (Å²) in [6.45, 7) is 3.57. The van der Waals surface area contributed by atoms with E-state index in [4.69, 9.17) is 5.11 Å². The Morgan fingerprint density at radius 2 is 2.26 bits per heavy atom. The molecule has 110 valence electrons. The van der Waals surface area contributed by atoms with Crippen LogP contribution in [0.2, 0.25) is 0 Å². The van der Waals surface area contributed by atoms with E-state index in [2.05, 4.69) is 10.6 Å². The normalized spacial score (nSPS) is 24.7. The van der Waals surface area contributed by atoms with E-state index in [1.54, 1.807) is 11.8 Å². The molecule has 1 heterocycles. The highest BCUT2D eigenvalue weighted by molar-refractivity contribution is 7.98. The molecule has 1 fully saturated rings. The predicted molar refractivity (Wildman–Crippen MR) is 77.4 cm³/mol. The van der Waals surface area contributed by atoms with Gasteiger partial charge in [-0.1, -0.05) is 6.92 Å². The summed E-state index contributed by atoms with van der Waals surface area (Å²) >= 11 is 1.59. The van der Waals surface area contributed by atoms with E-state index in [-0.39, 0.29) is 5.91 Å². The minimum absolute atomic E-state index is 0.115. The predicted octanol–water partition coefficient (Wildman–Crippen LogP) is 1.09. The van der Waals surface area contributed by atoms with Crippen molar-refractivity contribution in [1.29, 1.82) is 0 Å². The second kappa shape index (κ2) is 7.75. The number of aliphatic carboxylic acids is 1. The van der Waals surface area contributed by atoms with E-state index in [1.165, 1.54) is 0 Å². The Hall–Kier alpha value is -0.750. The number of hydrogen-bond donors (Lipinski definition) is 3. The van der Waals surface area contributed by atoms with Gasteiger partial charge in [-0.15, -0.1) is 0 Å². The van der Waals surface area contributed by atoms with Gasteiger partial charge in [-0.05, 0) is 44.2 Å². The molecule has 1 saturated heterocycles. The lowest BCUT2D eigenvalue weighted by molar-refractivity contribution is -0.144. The molecule has 0 aromatic rings. The van der Waals surface area contributed by atoms with Gasteiger partial charge in [0.15, 0.2) is 0 Å². The first-order chi connectivity index (χ1) is 9.05. The van der Waals surface area contributed by atoms with Crippen LogP contribution < -0.4 is 10.6 Å². The molecule has 6 heteroatoms. The molecule has 19 heavy (non-hydrogen) atoms. The summed E-state index contributed by atoms with van der Waals surface area (Å²) in [6.07, 6.45) is 4.93. The number of rotatable bonds is 7. The Labute approximate surface area is 118 Å². The average molecular weight is 288 g/mol. The number of carbonyl (C=O) groups is 2. The van der Waals surface area contributed by atoms with Gasteiger partial charge in [-0.3, -0.25) is 4.79 Å². The second-order valence-electron chi connectivity index (χ2n) is 5.06.